The Balaban J connectivity index is 2.30. The number of methoxy groups -OCH3 is 2. The van der Waals surface area contributed by atoms with Crippen molar-refractivity contribution in [3.63, 3.8) is 0 Å². The molecule has 1 aromatic rings. The average molecular weight is 279 g/mol. The van der Waals surface area contributed by atoms with E-state index in [0.29, 0.717) is 17.1 Å². The van der Waals surface area contributed by atoms with Gasteiger partial charge < -0.3 is 19.9 Å². The second kappa shape index (κ2) is 6.61. The molecule has 2 atom stereocenters. The minimum atomic E-state index is -0.441. The number of hydrogen-bond donors (Lipinski definition) is 1. The standard InChI is InChI=1S/C15H21NO4/c1-18-13-9-5-6-10(15(17)19-2)14(13)20-12-8-4-3-7-11(12)16/h5-6,9,11-12H,3-4,7-8,16H2,1-2H3. The number of para-hydroxylation sites is 1. The summed E-state index contributed by atoms with van der Waals surface area (Å²) in [5.41, 5.74) is 6.46. The van der Waals surface area contributed by atoms with E-state index in [1.807, 2.05) is 0 Å². The van der Waals surface area contributed by atoms with E-state index in [1.165, 1.54) is 7.11 Å². The van der Waals surface area contributed by atoms with Gasteiger partial charge in [0.05, 0.1) is 14.2 Å². The van der Waals surface area contributed by atoms with Crippen molar-refractivity contribution in [3.05, 3.63) is 23.8 Å². The zero-order valence-corrected chi connectivity index (χ0v) is 11.9. The van der Waals surface area contributed by atoms with Gasteiger partial charge in [-0.05, 0) is 31.4 Å². The van der Waals surface area contributed by atoms with Crippen LogP contribution in [0.25, 0.3) is 0 Å². The summed E-state index contributed by atoms with van der Waals surface area (Å²) < 4.78 is 16.1. The van der Waals surface area contributed by atoms with E-state index >= 15 is 0 Å². The number of nitrogens with two attached hydrogens (primary N) is 1. The number of benzene rings is 1. The molecule has 0 spiro atoms. The third kappa shape index (κ3) is 3.04. The van der Waals surface area contributed by atoms with Crippen LogP contribution in [0.4, 0.5) is 0 Å². The van der Waals surface area contributed by atoms with E-state index in [-0.39, 0.29) is 12.1 Å². The molecule has 5 nitrogen and oxygen atoms in total. The maximum absolute atomic E-state index is 11.8. The van der Waals surface area contributed by atoms with Gasteiger partial charge in [0.25, 0.3) is 0 Å². The first kappa shape index (κ1) is 14.7. The van der Waals surface area contributed by atoms with Crippen molar-refractivity contribution in [2.75, 3.05) is 14.2 Å². The second-order valence-corrected chi connectivity index (χ2v) is 4.93. The fourth-order valence-corrected chi connectivity index (χ4v) is 2.49. The molecule has 2 unspecified atom stereocenters. The molecule has 0 saturated heterocycles. The molecule has 5 heteroatoms. The molecule has 2 N–H and O–H groups in total. The van der Waals surface area contributed by atoms with Crippen molar-refractivity contribution in [1.82, 2.24) is 0 Å². The molecule has 1 aromatic carbocycles. The minimum Gasteiger partial charge on any atom is -0.493 e. The van der Waals surface area contributed by atoms with Crippen LogP contribution < -0.4 is 15.2 Å². The van der Waals surface area contributed by atoms with Crippen LogP contribution in [0.3, 0.4) is 0 Å². The summed E-state index contributed by atoms with van der Waals surface area (Å²) in [6.07, 6.45) is 3.94. The van der Waals surface area contributed by atoms with Crippen LogP contribution in [0, 0.1) is 0 Å². The number of ether oxygens (including phenoxy) is 3. The molecule has 0 bridgehead atoms. The summed E-state index contributed by atoms with van der Waals surface area (Å²) in [6, 6.07) is 5.14. The molecule has 2 rings (SSSR count). The van der Waals surface area contributed by atoms with E-state index in [9.17, 15) is 4.79 Å². The summed E-state index contributed by atoms with van der Waals surface area (Å²) in [6.45, 7) is 0. The van der Waals surface area contributed by atoms with Crippen LogP contribution in [0.2, 0.25) is 0 Å². The Hall–Kier alpha value is -1.75. The van der Waals surface area contributed by atoms with Crippen molar-refractivity contribution >= 4 is 5.97 Å². The molecule has 1 saturated carbocycles. The van der Waals surface area contributed by atoms with Gasteiger partial charge in [-0.25, -0.2) is 4.79 Å². The zero-order chi connectivity index (χ0) is 14.5. The Morgan fingerprint density at radius 1 is 1.25 bits per heavy atom. The van der Waals surface area contributed by atoms with Crippen molar-refractivity contribution in [1.29, 1.82) is 0 Å². The quantitative estimate of drug-likeness (QED) is 0.855. The molecule has 20 heavy (non-hydrogen) atoms. The van der Waals surface area contributed by atoms with Crippen LogP contribution in [-0.2, 0) is 4.74 Å². The molecular weight excluding hydrogens is 258 g/mol. The van der Waals surface area contributed by atoms with Crippen molar-refractivity contribution in [3.8, 4) is 11.5 Å². The molecule has 1 fully saturated rings. The summed E-state index contributed by atoms with van der Waals surface area (Å²) in [4.78, 5) is 11.8. The van der Waals surface area contributed by atoms with Gasteiger partial charge in [-0.1, -0.05) is 12.5 Å². The lowest BCUT2D eigenvalue weighted by Crippen LogP contribution is -2.41. The first-order valence-corrected chi connectivity index (χ1v) is 6.85. The lowest BCUT2D eigenvalue weighted by molar-refractivity contribution is 0.0586. The maximum Gasteiger partial charge on any atom is 0.341 e. The number of esters is 1. The largest absolute Gasteiger partial charge is 0.493 e. The Labute approximate surface area is 119 Å². The monoisotopic (exact) mass is 279 g/mol. The van der Waals surface area contributed by atoms with E-state index < -0.39 is 5.97 Å². The minimum absolute atomic E-state index is 0.0147. The highest BCUT2D eigenvalue weighted by atomic mass is 16.5. The fraction of sp³-hybridized carbons (Fsp3) is 0.533. The molecule has 1 aliphatic rings. The molecule has 1 aliphatic carbocycles. The highest BCUT2D eigenvalue weighted by Crippen LogP contribution is 2.34. The number of carbonyl (C=O) groups excluding carboxylic acids is 1. The highest BCUT2D eigenvalue weighted by Gasteiger charge is 2.27. The smallest absolute Gasteiger partial charge is 0.341 e. The van der Waals surface area contributed by atoms with Gasteiger partial charge in [0.1, 0.15) is 11.7 Å². The van der Waals surface area contributed by atoms with Crippen LogP contribution in [0.5, 0.6) is 11.5 Å². The molecule has 110 valence electrons. The van der Waals surface area contributed by atoms with E-state index in [1.54, 1.807) is 25.3 Å². The van der Waals surface area contributed by atoms with Crippen LogP contribution >= 0.6 is 0 Å². The molecule has 0 heterocycles. The maximum atomic E-state index is 11.8. The van der Waals surface area contributed by atoms with Crippen LogP contribution in [-0.4, -0.2) is 32.3 Å². The third-order valence-electron chi connectivity index (χ3n) is 3.63. The van der Waals surface area contributed by atoms with Crippen LogP contribution in [0.1, 0.15) is 36.0 Å². The SMILES string of the molecule is COC(=O)c1cccc(OC)c1OC1CCCCC1N. The van der Waals surface area contributed by atoms with E-state index in [2.05, 4.69) is 0 Å². The predicted octanol–water partition coefficient (Wildman–Crippen LogP) is 2.13. The molecule has 0 amide bonds. The molecule has 0 aromatic heterocycles. The number of hydrogen-bond acceptors (Lipinski definition) is 5. The first-order valence-electron chi connectivity index (χ1n) is 6.85. The van der Waals surface area contributed by atoms with Crippen molar-refractivity contribution < 1.29 is 19.0 Å². The average Bonchev–Trinajstić information content (AvgIpc) is 2.49. The Bertz CT molecular complexity index is 475. The van der Waals surface area contributed by atoms with Gasteiger partial charge in [0.15, 0.2) is 11.5 Å². The Kier molecular flexibility index (Phi) is 4.84. The number of rotatable bonds is 4. The second-order valence-electron chi connectivity index (χ2n) is 4.93. The number of carbonyl (C=O) groups is 1. The van der Waals surface area contributed by atoms with E-state index in [4.69, 9.17) is 19.9 Å². The van der Waals surface area contributed by atoms with Gasteiger partial charge in [-0.3, -0.25) is 0 Å². The van der Waals surface area contributed by atoms with Gasteiger partial charge in [0, 0.05) is 6.04 Å². The van der Waals surface area contributed by atoms with E-state index in [0.717, 1.165) is 25.7 Å². The topological polar surface area (TPSA) is 70.8 Å². The Morgan fingerprint density at radius 2 is 2.00 bits per heavy atom. The van der Waals surface area contributed by atoms with Crippen LogP contribution in [0.15, 0.2) is 18.2 Å². The summed E-state index contributed by atoms with van der Waals surface area (Å²) in [5.74, 6) is 0.498. The summed E-state index contributed by atoms with van der Waals surface area (Å²) in [7, 11) is 2.89. The normalized spacial score (nSPS) is 22.1. The molecule has 0 aliphatic heterocycles. The van der Waals surface area contributed by atoms with Gasteiger partial charge in [-0.15, -0.1) is 0 Å². The Morgan fingerprint density at radius 3 is 2.65 bits per heavy atom. The van der Waals surface area contributed by atoms with Gasteiger partial charge in [0.2, 0.25) is 0 Å². The first-order chi connectivity index (χ1) is 9.67. The third-order valence-corrected chi connectivity index (χ3v) is 3.63. The summed E-state index contributed by atoms with van der Waals surface area (Å²) >= 11 is 0. The van der Waals surface area contributed by atoms with Crippen molar-refractivity contribution in [2.45, 2.75) is 37.8 Å². The van der Waals surface area contributed by atoms with Gasteiger partial charge >= 0.3 is 5.97 Å². The molecular formula is C15H21NO4. The highest BCUT2D eigenvalue weighted by molar-refractivity contribution is 5.93. The van der Waals surface area contributed by atoms with Gasteiger partial charge in [-0.2, -0.15) is 0 Å². The fourth-order valence-electron chi connectivity index (χ4n) is 2.49. The predicted molar refractivity (Wildman–Crippen MR) is 75.2 cm³/mol. The zero-order valence-electron chi connectivity index (χ0n) is 11.9. The lowest BCUT2D eigenvalue weighted by atomic mass is 9.93. The molecule has 0 radical (unpaired) electrons. The van der Waals surface area contributed by atoms with Crippen molar-refractivity contribution in [2.24, 2.45) is 5.73 Å². The lowest BCUT2D eigenvalue weighted by Gasteiger charge is -2.30. The summed E-state index contributed by atoms with van der Waals surface area (Å²) in [5, 5.41) is 0.